The van der Waals surface area contributed by atoms with Crippen molar-refractivity contribution in [3.8, 4) is 17.0 Å². The summed E-state index contributed by atoms with van der Waals surface area (Å²) >= 11 is 0. The van der Waals surface area contributed by atoms with Gasteiger partial charge < -0.3 is 14.0 Å². The molecule has 1 aliphatic heterocycles. The summed E-state index contributed by atoms with van der Waals surface area (Å²) in [6.45, 7) is 0.0120. The van der Waals surface area contributed by atoms with E-state index in [9.17, 15) is 14.4 Å². The van der Waals surface area contributed by atoms with Gasteiger partial charge in [-0.2, -0.15) is 0 Å². The van der Waals surface area contributed by atoms with Gasteiger partial charge in [-0.15, -0.1) is 0 Å². The number of esters is 1. The molecular formula is C27H20N2O6. The second kappa shape index (κ2) is 9.26. The number of fused-ring (bicyclic) bond motifs is 1. The molecule has 0 aliphatic carbocycles. The molecule has 8 heteroatoms. The van der Waals surface area contributed by atoms with Gasteiger partial charge in [-0.3, -0.25) is 14.5 Å². The van der Waals surface area contributed by atoms with Gasteiger partial charge in [0.25, 0.3) is 11.8 Å². The summed E-state index contributed by atoms with van der Waals surface area (Å²) in [5.41, 5.74) is 2.74. The lowest BCUT2D eigenvalue weighted by Crippen LogP contribution is -2.29. The van der Waals surface area contributed by atoms with Crippen molar-refractivity contribution in [3.05, 3.63) is 107 Å². The fraction of sp³-hybridized carbons (Fsp3) is 0.111. The van der Waals surface area contributed by atoms with E-state index in [1.807, 2.05) is 54.6 Å². The number of nitrogens with zero attached hydrogens (tertiary/aromatic N) is 2. The number of amides is 2. The highest BCUT2D eigenvalue weighted by Gasteiger charge is 2.36. The van der Waals surface area contributed by atoms with Crippen molar-refractivity contribution in [1.82, 2.24) is 10.1 Å². The van der Waals surface area contributed by atoms with Gasteiger partial charge >= 0.3 is 5.97 Å². The van der Waals surface area contributed by atoms with Crippen LogP contribution in [0.25, 0.3) is 11.3 Å². The van der Waals surface area contributed by atoms with E-state index in [-0.39, 0.29) is 35.7 Å². The highest BCUT2D eigenvalue weighted by molar-refractivity contribution is 6.21. The number of hydrogen-bond acceptors (Lipinski definition) is 7. The van der Waals surface area contributed by atoms with Gasteiger partial charge in [0.1, 0.15) is 11.4 Å². The van der Waals surface area contributed by atoms with Crippen LogP contribution in [0.3, 0.4) is 0 Å². The molecule has 35 heavy (non-hydrogen) atoms. The van der Waals surface area contributed by atoms with Gasteiger partial charge in [-0.25, -0.2) is 4.79 Å². The molecule has 0 unspecified atom stereocenters. The van der Waals surface area contributed by atoms with Crippen LogP contribution in [0.5, 0.6) is 5.75 Å². The smallest absolute Gasteiger partial charge is 0.338 e. The maximum absolute atomic E-state index is 12.9. The Kier molecular flexibility index (Phi) is 5.85. The lowest BCUT2D eigenvalue weighted by atomic mass is 10.1. The molecule has 0 N–H and O–H groups in total. The van der Waals surface area contributed by atoms with Gasteiger partial charge in [-0.1, -0.05) is 47.6 Å². The van der Waals surface area contributed by atoms with E-state index in [0.717, 1.165) is 11.1 Å². The molecular weight excluding hydrogens is 448 g/mol. The zero-order valence-electron chi connectivity index (χ0n) is 18.8. The van der Waals surface area contributed by atoms with Crippen LogP contribution < -0.4 is 4.74 Å². The van der Waals surface area contributed by atoms with E-state index in [2.05, 4.69) is 5.16 Å². The molecule has 0 fully saturated rings. The van der Waals surface area contributed by atoms with Gasteiger partial charge in [0, 0.05) is 11.6 Å². The quantitative estimate of drug-likeness (QED) is 0.291. The number of ether oxygens (including phenoxy) is 2. The van der Waals surface area contributed by atoms with Crippen LogP contribution in [0.15, 0.2) is 83.4 Å². The SMILES string of the molecule is COc1ccccc1-c1cc(COC(=O)c2ccc3c(c2)C(=O)N(Cc2ccccc2)C3=O)on1. The van der Waals surface area contributed by atoms with Crippen molar-refractivity contribution in [3.63, 3.8) is 0 Å². The molecule has 5 rings (SSSR count). The van der Waals surface area contributed by atoms with Gasteiger partial charge in [0.05, 0.1) is 30.3 Å². The first kappa shape index (κ1) is 22.1. The second-order valence-corrected chi connectivity index (χ2v) is 7.90. The van der Waals surface area contributed by atoms with E-state index in [1.165, 1.54) is 23.1 Å². The minimum absolute atomic E-state index is 0.148. The van der Waals surface area contributed by atoms with Crippen molar-refractivity contribution in [2.45, 2.75) is 13.2 Å². The molecule has 0 saturated heterocycles. The normalized spacial score (nSPS) is 12.5. The largest absolute Gasteiger partial charge is 0.496 e. The predicted molar refractivity (Wildman–Crippen MR) is 125 cm³/mol. The summed E-state index contributed by atoms with van der Waals surface area (Å²) in [5, 5.41) is 4.02. The second-order valence-electron chi connectivity index (χ2n) is 7.90. The highest BCUT2D eigenvalue weighted by Crippen LogP contribution is 2.29. The number of aromatic nitrogens is 1. The zero-order valence-corrected chi connectivity index (χ0v) is 18.8. The average Bonchev–Trinajstić information content (AvgIpc) is 3.46. The average molecular weight is 468 g/mol. The molecule has 0 saturated carbocycles. The Morgan fingerprint density at radius 1 is 0.886 bits per heavy atom. The van der Waals surface area contributed by atoms with Crippen molar-refractivity contribution < 1.29 is 28.4 Å². The standard InChI is InChI=1S/C27H20N2O6/c1-33-24-10-6-5-9-21(24)23-14-19(35-28-23)16-34-27(32)18-11-12-20-22(13-18)26(31)29(25(20)30)15-17-7-3-2-4-8-17/h2-14H,15-16H2,1H3. The van der Waals surface area contributed by atoms with Crippen LogP contribution in [0.4, 0.5) is 0 Å². The Labute approximate surface area is 200 Å². The molecule has 1 aromatic heterocycles. The van der Waals surface area contributed by atoms with Gasteiger partial charge in [-0.05, 0) is 35.9 Å². The van der Waals surface area contributed by atoms with Crippen LogP contribution >= 0.6 is 0 Å². The van der Waals surface area contributed by atoms with Crippen LogP contribution in [0, 0.1) is 0 Å². The Balaban J connectivity index is 1.27. The van der Waals surface area contributed by atoms with E-state index in [4.69, 9.17) is 14.0 Å². The lowest BCUT2D eigenvalue weighted by Gasteiger charge is -2.13. The molecule has 0 bridgehead atoms. The summed E-state index contributed by atoms with van der Waals surface area (Å²) in [7, 11) is 1.57. The molecule has 0 radical (unpaired) electrons. The maximum Gasteiger partial charge on any atom is 0.338 e. The molecule has 174 valence electrons. The van der Waals surface area contributed by atoms with Crippen molar-refractivity contribution in [2.75, 3.05) is 7.11 Å². The summed E-state index contributed by atoms with van der Waals surface area (Å²) in [4.78, 5) is 39.4. The fourth-order valence-electron chi connectivity index (χ4n) is 3.91. The molecule has 4 aromatic rings. The maximum atomic E-state index is 12.9. The molecule has 2 amide bonds. The Morgan fingerprint density at radius 2 is 1.63 bits per heavy atom. The predicted octanol–water partition coefficient (Wildman–Crippen LogP) is 4.50. The van der Waals surface area contributed by atoms with Gasteiger partial charge in [0.15, 0.2) is 12.4 Å². The zero-order chi connectivity index (χ0) is 24.4. The Hall–Kier alpha value is -4.72. The number of carbonyl (C=O) groups excluding carboxylic acids is 3. The molecule has 0 atom stereocenters. The van der Waals surface area contributed by atoms with Crippen LogP contribution in [0.2, 0.25) is 0 Å². The number of methoxy groups -OCH3 is 1. The minimum atomic E-state index is -0.648. The topological polar surface area (TPSA) is 98.9 Å². The Morgan fingerprint density at radius 3 is 2.43 bits per heavy atom. The van der Waals surface area contributed by atoms with E-state index in [1.54, 1.807) is 13.2 Å². The third-order valence-corrected chi connectivity index (χ3v) is 5.68. The van der Waals surface area contributed by atoms with E-state index >= 15 is 0 Å². The highest BCUT2D eigenvalue weighted by atomic mass is 16.5. The molecule has 2 heterocycles. The van der Waals surface area contributed by atoms with Crippen molar-refractivity contribution in [1.29, 1.82) is 0 Å². The summed E-state index contributed by atoms with van der Waals surface area (Å²) in [6.07, 6.45) is 0. The van der Waals surface area contributed by atoms with Crippen LogP contribution in [-0.4, -0.2) is 35.0 Å². The van der Waals surface area contributed by atoms with E-state index in [0.29, 0.717) is 17.2 Å². The summed E-state index contributed by atoms with van der Waals surface area (Å²) in [5.74, 6) is -0.493. The molecule has 3 aromatic carbocycles. The van der Waals surface area contributed by atoms with Crippen molar-refractivity contribution >= 4 is 17.8 Å². The third-order valence-electron chi connectivity index (χ3n) is 5.68. The summed E-state index contributed by atoms with van der Waals surface area (Å²) in [6, 6.07) is 22.6. The lowest BCUT2D eigenvalue weighted by molar-refractivity contribution is 0.0437. The first-order valence-corrected chi connectivity index (χ1v) is 10.9. The first-order valence-electron chi connectivity index (χ1n) is 10.9. The monoisotopic (exact) mass is 468 g/mol. The van der Waals surface area contributed by atoms with E-state index < -0.39 is 11.9 Å². The van der Waals surface area contributed by atoms with Crippen molar-refractivity contribution in [2.24, 2.45) is 0 Å². The minimum Gasteiger partial charge on any atom is -0.496 e. The number of carbonyl (C=O) groups is 3. The summed E-state index contributed by atoms with van der Waals surface area (Å²) < 4.78 is 16.0. The van der Waals surface area contributed by atoms with Crippen LogP contribution in [0.1, 0.15) is 42.4 Å². The third kappa shape index (κ3) is 4.29. The Bertz CT molecular complexity index is 1430. The van der Waals surface area contributed by atoms with Gasteiger partial charge in [0.2, 0.25) is 0 Å². The molecule has 1 aliphatic rings. The number of imide groups is 1. The fourth-order valence-corrected chi connectivity index (χ4v) is 3.91. The van der Waals surface area contributed by atoms with Crippen LogP contribution in [-0.2, 0) is 17.9 Å². The molecule has 8 nitrogen and oxygen atoms in total. The number of rotatable bonds is 7. The first-order chi connectivity index (χ1) is 17.0. The number of hydrogen-bond donors (Lipinski definition) is 0. The number of para-hydroxylation sites is 1. The molecule has 0 spiro atoms. The number of benzene rings is 3.